The summed E-state index contributed by atoms with van der Waals surface area (Å²) in [6.07, 6.45) is -0.766. The zero-order valence-electron chi connectivity index (χ0n) is 25.4. The molecule has 0 radical (unpaired) electrons. The lowest BCUT2D eigenvalue weighted by molar-refractivity contribution is -0.150. The van der Waals surface area contributed by atoms with E-state index in [1.165, 1.54) is 24.2 Å². The van der Waals surface area contributed by atoms with Crippen LogP contribution in [0.15, 0.2) is 48.5 Å². The fourth-order valence-corrected chi connectivity index (χ4v) is 4.38. The second-order valence-electron chi connectivity index (χ2n) is 11.2. The van der Waals surface area contributed by atoms with Gasteiger partial charge in [-0.15, -0.1) is 11.8 Å². The van der Waals surface area contributed by atoms with Crippen molar-refractivity contribution in [1.82, 2.24) is 16.0 Å². The number of benzene rings is 2. The van der Waals surface area contributed by atoms with Crippen molar-refractivity contribution in [3.8, 4) is 5.75 Å². The van der Waals surface area contributed by atoms with Crippen LogP contribution in [0.2, 0.25) is 0 Å². The summed E-state index contributed by atoms with van der Waals surface area (Å²) >= 11 is 1.24. The molecule has 0 heterocycles. The number of nitrogens with one attached hydrogen (secondary N) is 3. The highest BCUT2D eigenvalue weighted by Gasteiger charge is 2.31. The van der Waals surface area contributed by atoms with E-state index in [2.05, 4.69) is 16.0 Å². The fraction of sp³-hybridized carbons (Fsp3) is 0.484. The molecule has 0 fully saturated rings. The maximum absolute atomic E-state index is 13.2. The molecular weight excluding hydrogens is 558 g/mol. The second-order valence-corrected chi connectivity index (χ2v) is 12.2. The standard InChI is InChI=1S/C31H43N3O7S/c1-20(2)27(34-28(36)26(18-42-19-32-22(4)35)33-30(38)41-31(5,6)7)29(37)40-17-24-12-14-25(15-13-24)39-16-23-10-8-21(3)9-11-23/h8-15,20,26-27H,16-19H2,1-7H3,(H,32,35)(H,33,38)(H,34,36). The van der Waals surface area contributed by atoms with Crippen LogP contribution in [-0.4, -0.2) is 53.2 Å². The number of thioether (sulfide) groups is 1. The van der Waals surface area contributed by atoms with Gasteiger partial charge in [-0.3, -0.25) is 9.59 Å². The molecule has 3 N–H and O–H groups in total. The zero-order chi connectivity index (χ0) is 31.3. The number of carbonyl (C=O) groups excluding carboxylic acids is 4. The minimum absolute atomic E-state index is 0.0162. The van der Waals surface area contributed by atoms with Gasteiger partial charge in [0.1, 0.15) is 36.6 Å². The van der Waals surface area contributed by atoms with Crippen molar-refractivity contribution >= 4 is 35.6 Å². The first-order valence-corrected chi connectivity index (χ1v) is 14.9. The molecule has 0 saturated carbocycles. The molecule has 42 heavy (non-hydrogen) atoms. The molecule has 2 aromatic rings. The molecule has 0 aliphatic rings. The van der Waals surface area contributed by atoms with Crippen LogP contribution in [-0.2, 0) is 37.1 Å². The lowest BCUT2D eigenvalue weighted by Gasteiger charge is -2.26. The van der Waals surface area contributed by atoms with Crippen LogP contribution >= 0.6 is 11.8 Å². The zero-order valence-corrected chi connectivity index (χ0v) is 26.3. The minimum Gasteiger partial charge on any atom is -0.489 e. The summed E-state index contributed by atoms with van der Waals surface area (Å²) in [7, 11) is 0. The molecule has 0 aliphatic heterocycles. The Morgan fingerprint density at radius 1 is 0.881 bits per heavy atom. The third-order valence-corrected chi connectivity index (χ3v) is 6.68. The number of hydrogen-bond donors (Lipinski definition) is 3. The summed E-state index contributed by atoms with van der Waals surface area (Å²) in [5, 5.41) is 7.90. The summed E-state index contributed by atoms with van der Waals surface area (Å²) < 4.78 is 16.6. The van der Waals surface area contributed by atoms with E-state index in [0.717, 1.165) is 11.1 Å². The van der Waals surface area contributed by atoms with E-state index in [-0.39, 0.29) is 30.1 Å². The third kappa shape index (κ3) is 13.3. The lowest BCUT2D eigenvalue weighted by atomic mass is 10.0. The van der Waals surface area contributed by atoms with Crippen molar-refractivity contribution in [3.05, 3.63) is 65.2 Å². The smallest absolute Gasteiger partial charge is 0.408 e. The first-order valence-electron chi connectivity index (χ1n) is 13.8. The van der Waals surface area contributed by atoms with Crippen LogP contribution < -0.4 is 20.7 Å². The Hall–Kier alpha value is -3.73. The summed E-state index contributed by atoms with van der Waals surface area (Å²) in [5.41, 5.74) is 2.25. The molecule has 0 saturated heterocycles. The molecule has 0 spiro atoms. The van der Waals surface area contributed by atoms with E-state index in [9.17, 15) is 19.2 Å². The molecule has 2 unspecified atom stereocenters. The van der Waals surface area contributed by atoms with Crippen LogP contribution in [0.25, 0.3) is 0 Å². The Kier molecular flexibility index (Phi) is 13.7. The second kappa shape index (κ2) is 16.6. The number of alkyl carbamates (subject to hydrolysis) is 1. The van der Waals surface area contributed by atoms with Gasteiger partial charge in [0.05, 0.1) is 5.88 Å². The molecule has 0 aromatic heterocycles. The van der Waals surface area contributed by atoms with Gasteiger partial charge >= 0.3 is 12.1 Å². The Morgan fingerprint density at radius 3 is 2.05 bits per heavy atom. The highest BCUT2D eigenvalue weighted by Crippen LogP contribution is 2.16. The first kappa shape index (κ1) is 34.5. The Labute approximate surface area is 252 Å². The monoisotopic (exact) mass is 601 g/mol. The molecule has 0 bridgehead atoms. The maximum Gasteiger partial charge on any atom is 0.408 e. The number of amides is 3. The molecule has 230 valence electrons. The fourth-order valence-electron chi connectivity index (χ4n) is 3.49. The molecule has 0 aliphatic carbocycles. The van der Waals surface area contributed by atoms with Gasteiger partial charge in [0.2, 0.25) is 11.8 Å². The predicted molar refractivity (Wildman–Crippen MR) is 163 cm³/mol. The maximum atomic E-state index is 13.2. The van der Waals surface area contributed by atoms with Crippen molar-refractivity contribution < 1.29 is 33.4 Å². The van der Waals surface area contributed by atoms with Crippen molar-refractivity contribution in [2.45, 2.75) is 79.4 Å². The van der Waals surface area contributed by atoms with Crippen LogP contribution in [0, 0.1) is 12.8 Å². The van der Waals surface area contributed by atoms with Crippen molar-refractivity contribution in [2.24, 2.45) is 5.92 Å². The van der Waals surface area contributed by atoms with Crippen LogP contribution in [0.5, 0.6) is 5.75 Å². The summed E-state index contributed by atoms with van der Waals surface area (Å²) in [5.74, 6) is -0.576. The van der Waals surface area contributed by atoms with Gasteiger partial charge in [-0.1, -0.05) is 55.8 Å². The molecule has 10 nitrogen and oxygen atoms in total. The molecule has 2 rings (SSSR count). The van der Waals surface area contributed by atoms with Crippen LogP contribution in [0.4, 0.5) is 4.79 Å². The van der Waals surface area contributed by atoms with Gasteiger partial charge < -0.3 is 30.2 Å². The van der Waals surface area contributed by atoms with Gasteiger partial charge in [0.25, 0.3) is 0 Å². The van der Waals surface area contributed by atoms with E-state index in [1.807, 2.05) is 55.5 Å². The van der Waals surface area contributed by atoms with Gasteiger partial charge in [-0.05, 0) is 56.9 Å². The third-order valence-electron chi connectivity index (χ3n) is 5.76. The summed E-state index contributed by atoms with van der Waals surface area (Å²) in [6.45, 7) is 12.6. The van der Waals surface area contributed by atoms with Crippen molar-refractivity contribution in [3.63, 3.8) is 0 Å². The van der Waals surface area contributed by atoms with Crippen molar-refractivity contribution in [2.75, 3.05) is 11.6 Å². The normalized spacial score (nSPS) is 12.6. The van der Waals surface area contributed by atoms with E-state index in [0.29, 0.717) is 12.4 Å². The highest BCUT2D eigenvalue weighted by molar-refractivity contribution is 7.99. The van der Waals surface area contributed by atoms with E-state index in [4.69, 9.17) is 14.2 Å². The predicted octanol–water partition coefficient (Wildman–Crippen LogP) is 4.48. The number of ether oxygens (including phenoxy) is 3. The average molecular weight is 602 g/mol. The Bertz CT molecular complexity index is 1180. The minimum atomic E-state index is -1.01. The lowest BCUT2D eigenvalue weighted by Crippen LogP contribution is -2.55. The Morgan fingerprint density at radius 2 is 1.48 bits per heavy atom. The summed E-state index contributed by atoms with van der Waals surface area (Å²) in [6, 6.07) is 13.4. The number of rotatable bonds is 14. The average Bonchev–Trinajstić information content (AvgIpc) is 2.90. The van der Waals surface area contributed by atoms with Crippen LogP contribution in [0.3, 0.4) is 0 Å². The quantitative estimate of drug-likeness (QED) is 0.164. The molecular formula is C31H43N3O7S. The van der Waals surface area contributed by atoms with Gasteiger partial charge in [-0.2, -0.15) is 0 Å². The van der Waals surface area contributed by atoms with Gasteiger partial charge in [0, 0.05) is 12.7 Å². The van der Waals surface area contributed by atoms with Crippen LogP contribution in [0.1, 0.15) is 58.2 Å². The number of hydrogen-bond acceptors (Lipinski definition) is 8. The molecule has 3 amide bonds. The molecule has 2 aromatic carbocycles. The Balaban J connectivity index is 1.96. The molecule has 11 heteroatoms. The number of carbonyl (C=O) groups is 4. The largest absolute Gasteiger partial charge is 0.489 e. The topological polar surface area (TPSA) is 132 Å². The van der Waals surface area contributed by atoms with Gasteiger partial charge in [0.15, 0.2) is 0 Å². The van der Waals surface area contributed by atoms with E-state index >= 15 is 0 Å². The number of aryl methyl sites for hydroxylation is 1. The van der Waals surface area contributed by atoms with Gasteiger partial charge in [-0.25, -0.2) is 9.59 Å². The van der Waals surface area contributed by atoms with E-state index in [1.54, 1.807) is 34.6 Å². The molecule has 2 atom stereocenters. The van der Waals surface area contributed by atoms with E-state index < -0.39 is 35.7 Å². The summed E-state index contributed by atoms with van der Waals surface area (Å²) in [4.78, 5) is 49.7. The first-order chi connectivity index (χ1) is 19.7. The SMILES string of the molecule is CC(=O)NCSCC(NC(=O)OC(C)(C)C)C(=O)NC(C(=O)OCc1ccc(OCc2ccc(C)cc2)cc1)C(C)C. The highest BCUT2D eigenvalue weighted by atomic mass is 32.2. The number of esters is 1. The van der Waals surface area contributed by atoms with Crippen molar-refractivity contribution in [1.29, 1.82) is 0 Å².